The van der Waals surface area contributed by atoms with E-state index in [1.165, 1.54) is 17.2 Å². The summed E-state index contributed by atoms with van der Waals surface area (Å²) in [5, 5.41) is 0.935. The maximum Gasteiger partial charge on any atom is 0.123 e. The lowest BCUT2D eigenvalue weighted by atomic mass is 10.0. The fourth-order valence-electron chi connectivity index (χ4n) is 2.41. The molecule has 0 fully saturated rings. The molecule has 0 bridgehead atoms. The van der Waals surface area contributed by atoms with Crippen LogP contribution < -0.4 is 5.73 Å². The molecule has 20 heavy (non-hydrogen) atoms. The minimum absolute atomic E-state index is 0.0442. The van der Waals surface area contributed by atoms with Crippen molar-refractivity contribution in [3.63, 3.8) is 0 Å². The summed E-state index contributed by atoms with van der Waals surface area (Å²) in [5.41, 5.74) is 8.78. The largest absolute Gasteiger partial charge is 0.323 e. The number of fused-ring (bicyclic) bond motifs is 1. The quantitative estimate of drug-likeness (QED) is 0.748. The summed E-state index contributed by atoms with van der Waals surface area (Å²) in [6, 6.07) is 15.2. The minimum Gasteiger partial charge on any atom is -0.323 e. The Morgan fingerprint density at radius 3 is 2.80 bits per heavy atom. The molecule has 2 N–H and O–H groups in total. The third-order valence-corrected chi connectivity index (χ3v) is 4.65. The van der Waals surface area contributed by atoms with E-state index in [0.29, 0.717) is 0 Å². The van der Waals surface area contributed by atoms with Gasteiger partial charge in [0.05, 0.1) is 0 Å². The standard InChI is InChI=1S/C17H16FNS/c1-11-3-2-4-12(7-11)8-15(19)17-10-13-9-14(18)5-6-16(13)20-17/h2-7,9-10,15H,8,19H2,1H3. The molecule has 0 amide bonds. The number of hydrogen-bond acceptors (Lipinski definition) is 2. The molecular formula is C17H16FNS. The molecule has 1 atom stereocenters. The highest BCUT2D eigenvalue weighted by Gasteiger charge is 2.11. The Morgan fingerprint density at radius 1 is 1.15 bits per heavy atom. The molecule has 3 aromatic rings. The van der Waals surface area contributed by atoms with Crippen LogP contribution in [0.5, 0.6) is 0 Å². The molecule has 1 nitrogen and oxygen atoms in total. The predicted molar refractivity (Wildman–Crippen MR) is 83.6 cm³/mol. The first-order chi connectivity index (χ1) is 9.61. The molecule has 1 heterocycles. The van der Waals surface area contributed by atoms with Gasteiger partial charge in [0.2, 0.25) is 0 Å². The summed E-state index contributed by atoms with van der Waals surface area (Å²) in [6.45, 7) is 2.08. The number of hydrogen-bond donors (Lipinski definition) is 1. The zero-order valence-corrected chi connectivity index (χ0v) is 12.1. The summed E-state index contributed by atoms with van der Waals surface area (Å²) in [7, 11) is 0. The molecule has 2 aromatic carbocycles. The van der Waals surface area contributed by atoms with Crippen molar-refractivity contribution in [3.8, 4) is 0 Å². The third-order valence-electron chi connectivity index (χ3n) is 3.40. The van der Waals surface area contributed by atoms with E-state index in [1.54, 1.807) is 17.4 Å². The van der Waals surface area contributed by atoms with Gasteiger partial charge in [-0.05, 0) is 48.6 Å². The number of nitrogens with two attached hydrogens (primary N) is 1. The van der Waals surface area contributed by atoms with E-state index in [1.807, 2.05) is 12.1 Å². The average Bonchev–Trinajstić information content (AvgIpc) is 2.81. The zero-order valence-electron chi connectivity index (χ0n) is 11.3. The van der Waals surface area contributed by atoms with Crippen molar-refractivity contribution < 1.29 is 4.39 Å². The lowest BCUT2D eigenvalue weighted by Crippen LogP contribution is -2.11. The molecule has 0 spiro atoms. The average molecular weight is 285 g/mol. The highest BCUT2D eigenvalue weighted by atomic mass is 32.1. The molecule has 0 saturated heterocycles. The number of thiophene rings is 1. The van der Waals surface area contributed by atoms with Gasteiger partial charge < -0.3 is 5.73 Å². The van der Waals surface area contributed by atoms with Gasteiger partial charge in [0.1, 0.15) is 5.82 Å². The van der Waals surface area contributed by atoms with Crippen molar-refractivity contribution in [2.75, 3.05) is 0 Å². The summed E-state index contributed by atoms with van der Waals surface area (Å²) < 4.78 is 14.3. The molecule has 3 rings (SSSR count). The maximum absolute atomic E-state index is 13.2. The van der Waals surface area contributed by atoms with Crippen molar-refractivity contribution in [2.24, 2.45) is 5.73 Å². The Bertz CT molecular complexity index is 748. The third kappa shape index (κ3) is 2.74. The summed E-state index contributed by atoms with van der Waals surface area (Å²) in [6.07, 6.45) is 0.803. The molecule has 102 valence electrons. The zero-order chi connectivity index (χ0) is 14.1. The van der Waals surface area contributed by atoms with Crippen LogP contribution in [0.25, 0.3) is 10.1 Å². The van der Waals surface area contributed by atoms with Crippen LogP contribution in [0.4, 0.5) is 4.39 Å². The van der Waals surface area contributed by atoms with E-state index >= 15 is 0 Å². The van der Waals surface area contributed by atoms with E-state index in [-0.39, 0.29) is 11.9 Å². The van der Waals surface area contributed by atoms with Crippen LogP contribution in [0.2, 0.25) is 0 Å². The van der Waals surface area contributed by atoms with Gasteiger partial charge in [-0.1, -0.05) is 29.8 Å². The predicted octanol–water partition coefficient (Wildman–Crippen LogP) is 4.59. The van der Waals surface area contributed by atoms with Crippen molar-refractivity contribution in [1.82, 2.24) is 0 Å². The lowest BCUT2D eigenvalue weighted by Gasteiger charge is -2.09. The van der Waals surface area contributed by atoms with Gasteiger partial charge in [-0.25, -0.2) is 4.39 Å². The second-order valence-electron chi connectivity index (χ2n) is 5.13. The molecule has 0 aliphatic heterocycles. The highest BCUT2D eigenvalue weighted by Crippen LogP contribution is 2.31. The van der Waals surface area contributed by atoms with Gasteiger partial charge in [-0.2, -0.15) is 0 Å². The van der Waals surface area contributed by atoms with Crippen LogP contribution in [0.15, 0.2) is 48.5 Å². The topological polar surface area (TPSA) is 26.0 Å². The van der Waals surface area contributed by atoms with Crippen LogP contribution in [0.3, 0.4) is 0 Å². The van der Waals surface area contributed by atoms with Gasteiger partial charge in [-0.3, -0.25) is 0 Å². The molecule has 0 aliphatic carbocycles. The van der Waals surface area contributed by atoms with E-state index < -0.39 is 0 Å². The molecule has 3 heteroatoms. The van der Waals surface area contributed by atoms with Gasteiger partial charge in [0.25, 0.3) is 0 Å². The first-order valence-corrected chi connectivity index (χ1v) is 7.43. The van der Waals surface area contributed by atoms with Crippen LogP contribution in [0.1, 0.15) is 22.0 Å². The molecule has 0 saturated carbocycles. The van der Waals surface area contributed by atoms with Crippen LogP contribution in [-0.4, -0.2) is 0 Å². The van der Waals surface area contributed by atoms with Crippen molar-refractivity contribution in [3.05, 3.63) is 70.4 Å². The van der Waals surface area contributed by atoms with Crippen molar-refractivity contribution in [2.45, 2.75) is 19.4 Å². The first-order valence-electron chi connectivity index (χ1n) is 6.62. The molecule has 1 aromatic heterocycles. The Labute approximate surface area is 121 Å². The molecular weight excluding hydrogens is 269 g/mol. The number of rotatable bonds is 3. The molecule has 0 radical (unpaired) electrons. The highest BCUT2D eigenvalue weighted by molar-refractivity contribution is 7.19. The SMILES string of the molecule is Cc1cccc(CC(N)c2cc3cc(F)ccc3s2)c1. The molecule has 1 unspecified atom stereocenters. The van der Waals surface area contributed by atoms with Gasteiger partial charge >= 0.3 is 0 Å². The Kier molecular flexibility index (Phi) is 3.55. The fraction of sp³-hybridized carbons (Fsp3) is 0.176. The number of benzene rings is 2. The summed E-state index contributed by atoms with van der Waals surface area (Å²) in [5.74, 6) is -0.200. The first kappa shape index (κ1) is 13.3. The van der Waals surface area contributed by atoms with Crippen molar-refractivity contribution >= 4 is 21.4 Å². The monoisotopic (exact) mass is 285 g/mol. The summed E-state index contributed by atoms with van der Waals surface area (Å²) >= 11 is 1.65. The summed E-state index contributed by atoms with van der Waals surface area (Å²) in [4.78, 5) is 1.10. The van der Waals surface area contributed by atoms with Crippen LogP contribution in [0, 0.1) is 12.7 Å². The second kappa shape index (κ2) is 5.35. The number of halogens is 1. The van der Waals surface area contributed by atoms with Crippen molar-refractivity contribution in [1.29, 1.82) is 0 Å². The van der Waals surface area contributed by atoms with Gasteiger partial charge in [0.15, 0.2) is 0 Å². The van der Waals surface area contributed by atoms with E-state index in [0.717, 1.165) is 21.4 Å². The molecule has 0 aliphatic rings. The van der Waals surface area contributed by atoms with E-state index in [9.17, 15) is 4.39 Å². The van der Waals surface area contributed by atoms with Gasteiger partial charge in [0, 0.05) is 15.6 Å². The Balaban J connectivity index is 1.86. The second-order valence-corrected chi connectivity index (χ2v) is 6.25. The van der Waals surface area contributed by atoms with Crippen LogP contribution >= 0.6 is 11.3 Å². The Hall–Kier alpha value is -1.71. The minimum atomic E-state index is -0.200. The smallest absolute Gasteiger partial charge is 0.123 e. The van der Waals surface area contributed by atoms with Crippen LogP contribution in [-0.2, 0) is 6.42 Å². The lowest BCUT2D eigenvalue weighted by molar-refractivity contribution is 0.630. The van der Waals surface area contributed by atoms with Gasteiger partial charge in [-0.15, -0.1) is 11.3 Å². The number of aryl methyl sites for hydroxylation is 1. The van der Waals surface area contributed by atoms with E-state index in [4.69, 9.17) is 5.73 Å². The normalized spacial score (nSPS) is 12.8. The van der Waals surface area contributed by atoms with E-state index in [2.05, 4.69) is 31.2 Å². The Morgan fingerprint density at radius 2 is 2.00 bits per heavy atom. The maximum atomic E-state index is 13.2. The fourth-order valence-corrected chi connectivity index (χ4v) is 3.46.